The molecule has 26 heteroatoms. The molecule has 0 atom stereocenters. The standard InChI is InChI=1S/2C28H27N5O2.2C21H22N4O2/c1-35-25-8-5-20(6-9-25)19-33-26-10-7-24(16-22(26)18-30-33)32-14-11-21-15-23(17-29-27(21)32)28(34)31-12-3-2-4-13-31;1-35-25-8-5-20(6-9-25)18-32-19-23-16-24(7-10-26(23)30-32)33-14-11-21-15-22(17-29-27(21)33)28(34)31-12-3-2-4-13-31;1-14-6-9-24(10-7-14)21(27)17-12-16-8-11-25(20(16)23-13-17)18-4-2-15(3-5-18)19(22)26;1-14-5-8-24(9-6-14)21(27)17-11-16-7-10-25(20(16)23-13-17)18-4-2-3-15(12-18)19(22)26/h5-11,14-18H,2-4,12-13,19H2,1H3;5-11,14-17,19H,2-4,12-13,18H2,1H3;2-5,8,11-14H,6-7,9-10H2,1H3,(H2,22,26);2-4,7,10-14H,5-6,8-9H2,1H3,(H2,22,26). The molecule has 0 unspecified atom stereocenters. The Morgan fingerprint density at radius 2 is 0.750 bits per heavy atom. The van der Waals surface area contributed by atoms with E-state index >= 15 is 0 Å². The van der Waals surface area contributed by atoms with E-state index in [1.807, 2.05) is 166 Å². The highest BCUT2D eigenvalue weighted by Crippen LogP contribution is 2.31. The van der Waals surface area contributed by atoms with Crippen molar-refractivity contribution in [3.05, 3.63) is 288 Å². The van der Waals surface area contributed by atoms with Crippen LogP contribution in [0.5, 0.6) is 11.5 Å². The minimum Gasteiger partial charge on any atom is -0.497 e. The predicted molar refractivity (Wildman–Crippen MR) is 480 cm³/mol. The van der Waals surface area contributed by atoms with Gasteiger partial charge in [-0.3, -0.25) is 38.1 Å². The van der Waals surface area contributed by atoms with Gasteiger partial charge in [-0.05, 0) is 239 Å². The highest BCUT2D eigenvalue weighted by Gasteiger charge is 2.27. The third-order valence-corrected chi connectivity index (χ3v) is 24.1. The molecule has 16 aromatic rings. The molecule has 26 nitrogen and oxygen atoms in total. The fourth-order valence-electron chi connectivity index (χ4n) is 16.8. The summed E-state index contributed by atoms with van der Waals surface area (Å²) in [7, 11) is 3.34. The second-order valence-corrected chi connectivity index (χ2v) is 32.6. The van der Waals surface area contributed by atoms with Gasteiger partial charge < -0.3 is 58.8 Å². The van der Waals surface area contributed by atoms with Crippen LogP contribution in [0.4, 0.5) is 0 Å². The Hall–Kier alpha value is -14.6. The summed E-state index contributed by atoms with van der Waals surface area (Å²) in [5.41, 5.74) is 25.4. The Balaban J connectivity index is 0.000000118. The third kappa shape index (κ3) is 17.9. The van der Waals surface area contributed by atoms with Gasteiger partial charge in [0, 0.05) is 174 Å². The largest absolute Gasteiger partial charge is 0.497 e. The summed E-state index contributed by atoms with van der Waals surface area (Å²) in [5.74, 6) is 2.39. The first-order valence-electron chi connectivity index (χ1n) is 42.5. The maximum atomic E-state index is 12.9. The lowest BCUT2D eigenvalue weighted by Gasteiger charge is -2.30. The fraction of sp³-hybridized carbons (Fsp3) is 0.265. The Labute approximate surface area is 716 Å². The van der Waals surface area contributed by atoms with Crippen molar-refractivity contribution in [2.75, 3.05) is 66.6 Å². The molecule has 4 N–H and O–H groups in total. The molecule has 4 fully saturated rings. The van der Waals surface area contributed by atoms with Crippen LogP contribution in [-0.2, 0) is 13.1 Å². The van der Waals surface area contributed by atoms with Crippen molar-refractivity contribution in [1.82, 2.24) is 77.4 Å². The van der Waals surface area contributed by atoms with Crippen LogP contribution in [0.3, 0.4) is 0 Å². The normalized spacial score (nSPS) is 14.5. The van der Waals surface area contributed by atoms with Crippen molar-refractivity contribution in [1.29, 1.82) is 0 Å². The molecule has 628 valence electrons. The third-order valence-electron chi connectivity index (χ3n) is 24.1. The van der Waals surface area contributed by atoms with Gasteiger partial charge in [-0.25, -0.2) is 19.9 Å². The molecule has 6 amide bonds. The maximum absolute atomic E-state index is 12.9. The van der Waals surface area contributed by atoms with Crippen molar-refractivity contribution >= 4 is 101 Å². The molecule has 4 aliphatic heterocycles. The molecular weight excluding hydrogens is 1560 g/mol. The molecule has 4 saturated heterocycles. The summed E-state index contributed by atoms with van der Waals surface area (Å²) in [5, 5.41) is 15.2. The number of carbonyl (C=O) groups is 6. The zero-order valence-corrected chi connectivity index (χ0v) is 70.0. The average molecular weight is 1660 g/mol. The van der Waals surface area contributed by atoms with Crippen LogP contribution in [0.1, 0.15) is 151 Å². The van der Waals surface area contributed by atoms with E-state index in [0.717, 1.165) is 215 Å². The van der Waals surface area contributed by atoms with E-state index in [1.165, 1.54) is 12.8 Å². The number of pyridine rings is 4. The van der Waals surface area contributed by atoms with Crippen LogP contribution < -0.4 is 20.9 Å². The van der Waals surface area contributed by atoms with E-state index in [1.54, 1.807) is 69.3 Å². The number of amides is 6. The van der Waals surface area contributed by atoms with Crippen LogP contribution in [0, 0.1) is 11.8 Å². The number of carbonyl (C=O) groups excluding carboxylic acids is 6. The van der Waals surface area contributed by atoms with Crippen molar-refractivity contribution in [2.45, 2.75) is 91.1 Å². The molecule has 6 aromatic carbocycles. The minimum atomic E-state index is -0.468. The number of benzene rings is 6. The Kier molecular flexibility index (Phi) is 24.0. The zero-order chi connectivity index (χ0) is 85.5. The molecule has 0 bridgehead atoms. The molecule has 14 heterocycles. The van der Waals surface area contributed by atoms with Crippen molar-refractivity contribution in [2.24, 2.45) is 23.3 Å². The first kappa shape index (κ1) is 81.8. The Bertz CT molecular complexity index is 6490. The maximum Gasteiger partial charge on any atom is 0.255 e. The lowest BCUT2D eigenvalue weighted by molar-refractivity contribution is 0.0689. The number of nitrogens with two attached hydrogens (primary N) is 2. The van der Waals surface area contributed by atoms with Crippen LogP contribution >= 0.6 is 0 Å². The van der Waals surface area contributed by atoms with Gasteiger partial charge in [-0.1, -0.05) is 44.2 Å². The summed E-state index contributed by atoms with van der Waals surface area (Å²) in [4.78, 5) is 100. The van der Waals surface area contributed by atoms with Crippen LogP contribution in [0.25, 0.3) is 88.7 Å². The summed E-state index contributed by atoms with van der Waals surface area (Å²) in [6.07, 6.45) is 29.4. The second kappa shape index (κ2) is 36.4. The van der Waals surface area contributed by atoms with E-state index in [0.29, 0.717) is 58.3 Å². The molecule has 0 spiro atoms. The Morgan fingerprint density at radius 3 is 1.18 bits per heavy atom. The molecule has 124 heavy (non-hydrogen) atoms. The van der Waals surface area contributed by atoms with Gasteiger partial charge in [0.15, 0.2) is 0 Å². The predicted octanol–water partition coefficient (Wildman–Crippen LogP) is 16.1. The molecule has 0 saturated carbocycles. The summed E-state index contributed by atoms with van der Waals surface area (Å²) in [6, 6.07) is 58.4. The summed E-state index contributed by atoms with van der Waals surface area (Å²) in [6.45, 7) is 12.4. The first-order chi connectivity index (χ1) is 60.4. The second-order valence-electron chi connectivity index (χ2n) is 32.6. The van der Waals surface area contributed by atoms with Crippen molar-refractivity contribution in [3.63, 3.8) is 0 Å². The van der Waals surface area contributed by atoms with E-state index in [4.69, 9.17) is 26.0 Å². The van der Waals surface area contributed by atoms with Crippen molar-refractivity contribution in [3.8, 4) is 34.2 Å². The van der Waals surface area contributed by atoms with Gasteiger partial charge in [-0.2, -0.15) is 10.2 Å². The van der Waals surface area contributed by atoms with Gasteiger partial charge in [0.05, 0.1) is 66.8 Å². The number of hydrogen-bond acceptors (Lipinski definition) is 14. The number of ether oxygens (including phenoxy) is 2. The van der Waals surface area contributed by atoms with E-state index < -0.39 is 11.8 Å². The number of primary amides is 2. The van der Waals surface area contributed by atoms with Gasteiger partial charge in [0.2, 0.25) is 11.8 Å². The number of aromatic nitrogens is 12. The number of methoxy groups -OCH3 is 2. The minimum absolute atomic E-state index is 0.0415. The highest BCUT2D eigenvalue weighted by atomic mass is 16.5. The van der Waals surface area contributed by atoms with E-state index in [9.17, 15) is 28.8 Å². The monoisotopic (exact) mass is 1650 g/mol. The van der Waals surface area contributed by atoms with Gasteiger partial charge in [0.1, 0.15) is 34.1 Å². The SMILES string of the molecule is CC1CCN(C(=O)c2cnc3c(ccn3-c3ccc(C(N)=O)cc3)c2)CC1.CC1CCN(C(=O)c2cnc3c(ccn3-c3cccc(C(N)=O)c3)c2)CC1.COc1ccc(Cn2cc3cc(-n4ccc5cc(C(=O)N6CCCCC6)cnc54)ccc3n2)cc1.COc1ccc(Cn2ncc3cc(-n4ccc5cc(C(=O)N6CCCCC6)cnc54)ccc32)cc1. The topological polar surface area (TPSA) is 293 Å². The van der Waals surface area contributed by atoms with Crippen molar-refractivity contribution < 1.29 is 38.2 Å². The summed E-state index contributed by atoms with van der Waals surface area (Å²) < 4.78 is 22.4. The smallest absolute Gasteiger partial charge is 0.255 e. The first-order valence-corrected chi connectivity index (χ1v) is 42.5. The molecule has 20 rings (SSSR count). The van der Waals surface area contributed by atoms with Crippen LogP contribution in [0.15, 0.2) is 244 Å². The molecule has 4 aliphatic rings. The molecule has 0 aliphatic carbocycles. The van der Waals surface area contributed by atoms with Gasteiger partial charge in [0.25, 0.3) is 23.6 Å². The number of rotatable bonds is 16. The lowest BCUT2D eigenvalue weighted by Crippen LogP contribution is -2.37. The Morgan fingerprint density at radius 1 is 0.363 bits per heavy atom. The molecule has 10 aromatic heterocycles. The lowest BCUT2D eigenvalue weighted by atomic mass is 9.99. The quantitative estimate of drug-likeness (QED) is 0.0909. The number of nitrogens with zero attached hydrogens (tertiary/aromatic N) is 16. The fourth-order valence-corrected chi connectivity index (χ4v) is 16.8. The number of piperidine rings is 4. The van der Waals surface area contributed by atoms with Crippen LogP contribution in [-0.4, -0.2) is 179 Å². The number of hydrogen-bond donors (Lipinski definition) is 2. The van der Waals surface area contributed by atoms with E-state index in [-0.39, 0.29) is 23.6 Å². The summed E-state index contributed by atoms with van der Waals surface area (Å²) >= 11 is 0. The zero-order valence-electron chi connectivity index (χ0n) is 70.0. The molecule has 0 radical (unpaired) electrons. The number of fused-ring (bicyclic) bond motifs is 6. The van der Waals surface area contributed by atoms with Crippen LogP contribution in [0.2, 0.25) is 0 Å². The van der Waals surface area contributed by atoms with E-state index in [2.05, 4.69) is 109 Å². The van der Waals surface area contributed by atoms with Gasteiger partial charge >= 0.3 is 0 Å². The molecular formula is C98H98N18O8. The number of likely N-dealkylation sites (tertiary alicyclic amines) is 4. The average Bonchev–Trinajstić information content (AvgIpc) is 1.64. The van der Waals surface area contributed by atoms with Gasteiger partial charge in [-0.15, -0.1) is 0 Å². The highest BCUT2D eigenvalue weighted by molar-refractivity contribution is 6.01.